The Hall–Kier alpha value is -2.64. The number of aliphatic imine (C=N–C) groups is 1. The standard InChI is InChI=1S/C18H25F2N5O/c1-4-21-18(22-7-8-25-12-14(3)10-24-25)23-11-15-9-13(2)5-6-16(15)26-17(19)20/h5-6,9-10,12,17H,4,7-8,11H2,1-3H3,(H2,21,22,23). The van der Waals surface area contributed by atoms with Crippen LogP contribution in [0.25, 0.3) is 0 Å². The van der Waals surface area contributed by atoms with Crippen molar-refractivity contribution in [3.63, 3.8) is 0 Å². The van der Waals surface area contributed by atoms with Crippen LogP contribution in [0, 0.1) is 13.8 Å². The molecule has 0 saturated heterocycles. The fourth-order valence-electron chi connectivity index (χ4n) is 2.43. The lowest BCUT2D eigenvalue weighted by atomic mass is 10.1. The number of hydrogen-bond donors (Lipinski definition) is 2. The van der Waals surface area contributed by atoms with Gasteiger partial charge in [0.1, 0.15) is 5.75 Å². The van der Waals surface area contributed by atoms with E-state index in [9.17, 15) is 8.78 Å². The Morgan fingerprint density at radius 1 is 1.27 bits per heavy atom. The molecule has 1 aromatic carbocycles. The maximum atomic E-state index is 12.6. The molecule has 0 fully saturated rings. The van der Waals surface area contributed by atoms with Crippen LogP contribution in [0.5, 0.6) is 5.75 Å². The number of hydrogen-bond acceptors (Lipinski definition) is 3. The van der Waals surface area contributed by atoms with Crippen molar-refractivity contribution < 1.29 is 13.5 Å². The number of rotatable bonds is 8. The first kappa shape index (κ1) is 19.7. The molecule has 0 aliphatic carbocycles. The highest BCUT2D eigenvalue weighted by molar-refractivity contribution is 5.79. The summed E-state index contributed by atoms with van der Waals surface area (Å²) in [7, 11) is 0. The summed E-state index contributed by atoms with van der Waals surface area (Å²) < 4.78 is 31.5. The minimum absolute atomic E-state index is 0.150. The zero-order chi connectivity index (χ0) is 18.9. The largest absolute Gasteiger partial charge is 0.434 e. The lowest BCUT2D eigenvalue weighted by Gasteiger charge is -2.13. The predicted octanol–water partition coefficient (Wildman–Crippen LogP) is 2.86. The zero-order valence-corrected chi connectivity index (χ0v) is 15.3. The van der Waals surface area contributed by atoms with Crippen LogP contribution in [0.2, 0.25) is 0 Å². The van der Waals surface area contributed by atoms with Crippen LogP contribution in [-0.4, -0.2) is 35.4 Å². The summed E-state index contributed by atoms with van der Waals surface area (Å²) in [5.74, 6) is 0.762. The second-order valence-electron chi connectivity index (χ2n) is 5.89. The number of guanidine groups is 1. The first-order valence-corrected chi connectivity index (χ1v) is 8.53. The molecule has 26 heavy (non-hydrogen) atoms. The van der Waals surface area contributed by atoms with Crippen molar-refractivity contribution >= 4 is 5.96 Å². The monoisotopic (exact) mass is 365 g/mol. The third-order valence-electron chi connectivity index (χ3n) is 3.58. The van der Waals surface area contributed by atoms with E-state index in [0.717, 1.165) is 11.1 Å². The normalized spacial score (nSPS) is 11.7. The minimum atomic E-state index is -2.86. The number of halogens is 2. The number of alkyl halides is 2. The number of benzene rings is 1. The highest BCUT2D eigenvalue weighted by Gasteiger charge is 2.10. The van der Waals surface area contributed by atoms with Gasteiger partial charge in [0.25, 0.3) is 0 Å². The molecular weight excluding hydrogens is 340 g/mol. The van der Waals surface area contributed by atoms with Gasteiger partial charge in [-0.05, 0) is 32.4 Å². The first-order valence-electron chi connectivity index (χ1n) is 8.53. The molecule has 6 nitrogen and oxygen atoms in total. The van der Waals surface area contributed by atoms with Crippen LogP contribution < -0.4 is 15.4 Å². The Balaban J connectivity index is 2.00. The lowest BCUT2D eigenvalue weighted by molar-refractivity contribution is -0.0504. The van der Waals surface area contributed by atoms with Crippen LogP contribution >= 0.6 is 0 Å². The number of ether oxygens (including phenoxy) is 1. The quantitative estimate of drug-likeness (QED) is 0.558. The van der Waals surface area contributed by atoms with Crippen molar-refractivity contribution in [2.45, 2.75) is 40.5 Å². The molecule has 0 aliphatic heterocycles. The van der Waals surface area contributed by atoms with Gasteiger partial charge in [0.2, 0.25) is 0 Å². The number of nitrogens with one attached hydrogen (secondary N) is 2. The van der Waals surface area contributed by atoms with Crippen molar-refractivity contribution in [2.24, 2.45) is 4.99 Å². The first-order chi connectivity index (χ1) is 12.5. The molecule has 2 aromatic rings. The summed E-state index contributed by atoms with van der Waals surface area (Å²) in [6.07, 6.45) is 3.77. The molecule has 1 heterocycles. The van der Waals surface area contributed by atoms with Gasteiger partial charge in [-0.2, -0.15) is 13.9 Å². The maximum Gasteiger partial charge on any atom is 0.387 e. The van der Waals surface area contributed by atoms with Gasteiger partial charge in [-0.25, -0.2) is 4.99 Å². The summed E-state index contributed by atoms with van der Waals surface area (Å²) in [4.78, 5) is 4.47. The number of aromatic nitrogens is 2. The van der Waals surface area contributed by atoms with E-state index >= 15 is 0 Å². The Labute approximate surface area is 152 Å². The second-order valence-corrected chi connectivity index (χ2v) is 5.89. The van der Waals surface area contributed by atoms with Gasteiger partial charge in [-0.15, -0.1) is 0 Å². The summed E-state index contributed by atoms with van der Waals surface area (Å²) in [5.41, 5.74) is 2.69. The van der Waals surface area contributed by atoms with E-state index in [1.807, 2.05) is 37.8 Å². The second kappa shape index (κ2) is 9.74. The van der Waals surface area contributed by atoms with Crippen molar-refractivity contribution in [2.75, 3.05) is 13.1 Å². The van der Waals surface area contributed by atoms with Crippen molar-refractivity contribution in [1.29, 1.82) is 0 Å². The van der Waals surface area contributed by atoms with Gasteiger partial charge in [0.15, 0.2) is 5.96 Å². The molecule has 0 atom stereocenters. The van der Waals surface area contributed by atoms with Gasteiger partial charge in [-0.3, -0.25) is 4.68 Å². The average molecular weight is 365 g/mol. The van der Waals surface area contributed by atoms with Crippen LogP contribution in [0.15, 0.2) is 35.6 Å². The molecule has 1 aromatic heterocycles. The third kappa shape index (κ3) is 6.34. The topological polar surface area (TPSA) is 63.5 Å². The van der Waals surface area contributed by atoms with Crippen LogP contribution in [0.4, 0.5) is 8.78 Å². The molecule has 2 N–H and O–H groups in total. The fourth-order valence-corrected chi connectivity index (χ4v) is 2.43. The fraction of sp³-hybridized carbons (Fsp3) is 0.444. The summed E-state index contributed by atoms with van der Waals surface area (Å²) in [6, 6.07) is 5.09. The maximum absolute atomic E-state index is 12.6. The van der Waals surface area contributed by atoms with E-state index in [2.05, 4.69) is 25.5 Å². The van der Waals surface area contributed by atoms with Gasteiger partial charge in [-0.1, -0.05) is 17.7 Å². The molecule has 0 radical (unpaired) electrons. The molecule has 0 unspecified atom stereocenters. The highest BCUT2D eigenvalue weighted by atomic mass is 19.3. The highest BCUT2D eigenvalue weighted by Crippen LogP contribution is 2.22. The molecular formula is C18H25F2N5O. The van der Waals surface area contributed by atoms with E-state index in [4.69, 9.17) is 0 Å². The molecule has 8 heteroatoms. The number of aryl methyl sites for hydroxylation is 2. The van der Waals surface area contributed by atoms with Gasteiger partial charge >= 0.3 is 6.61 Å². The molecule has 2 rings (SSSR count). The van der Waals surface area contributed by atoms with E-state index in [1.165, 1.54) is 0 Å². The Kier molecular flexibility index (Phi) is 7.37. The SMILES string of the molecule is CCNC(=NCc1cc(C)ccc1OC(F)F)NCCn1cc(C)cn1. The van der Waals surface area contributed by atoms with Crippen LogP contribution in [0.3, 0.4) is 0 Å². The Morgan fingerprint density at radius 3 is 2.73 bits per heavy atom. The Bertz CT molecular complexity index is 730. The molecule has 0 bridgehead atoms. The van der Waals surface area contributed by atoms with Crippen molar-refractivity contribution in [1.82, 2.24) is 20.4 Å². The van der Waals surface area contributed by atoms with Crippen molar-refractivity contribution in [3.05, 3.63) is 47.3 Å². The molecule has 0 saturated carbocycles. The third-order valence-corrected chi connectivity index (χ3v) is 3.58. The van der Waals surface area contributed by atoms with Gasteiger partial charge in [0.05, 0.1) is 19.3 Å². The average Bonchev–Trinajstić information content (AvgIpc) is 2.99. The summed E-state index contributed by atoms with van der Waals surface area (Å²) in [5, 5.41) is 10.6. The molecule has 0 spiro atoms. The van der Waals surface area contributed by atoms with E-state index < -0.39 is 6.61 Å². The van der Waals surface area contributed by atoms with Crippen LogP contribution in [-0.2, 0) is 13.1 Å². The van der Waals surface area contributed by atoms with E-state index in [1.54, 1.807) is 18.2 Å². The van der Waals surface area contributed by atoms with Gasteiger partial charge < -0.3 is 15.4 Å². The van der Waals surface area contributed by atoms with E-state index in [-0.39, 0.29) is 12.3 Å². The molecule has 0 amide bonds. The smallest absolute Gasteiger partial charge is 0.387 e. The van der Waals surface area contributed by atoms with Crippen molar-refractivity contribution in [3.8, 4) is 5.75 Å². The van der Waals surface area contributed by atoms with Gasteiger partial charge in [0, 0.05) is 24.8 Å². The zero-order valence-electron chi connectivity index (χ0n) is 15.3. The summed E-state index contributed by atoms with van der Waals surface area (Å²) >= 11 is 0. The molecule has 142 valence electrons. The lowest BCUT2D eigenvalue weighted by Crippen LogP contribution is -2.38. The minimum Gasteiger partial charge on any atom is -0.434 e. The molecule has 0 aliphatic rings. The Morgan fingerprint density at radius 2 is 2.08 bits per heavy atom. The van der Waals surface area contributed by atoms with Crippen LogP contribution in [0.1, 0.15) is 23.6 Å². The van der Waals surface area contributed by atoms with E-state index in [0.29, 0.717) is 31.2 Å². The predicted molar refractivity (Wildman–Crippen MR) is 97.6 cm³/mol. The number of nitrogens with zero attached hydrogens (tertiary/aromatic N) is 3. The summed E-state index contributed by atoms with van der Waals surface area (Å²) in [6.45, 7) is 5.26.